The maximum Gasteiger partial charge on any atom is 0.339 e. The summed E-state index contributed by atoms with van der Waals surface area (Å²) in [6.45, 7) is 7.70. The monoisotopic (exact) mass is 635 g/mol. The van der Waals surface area contributed by atoms with E-state index >= 15 is 0 Å². The van der Waals surface area contributed by atoms with Gasteiger partial charge in [-0.25, -0.2) is 4.79 Å². The minimum absolute atomic E-state index is 0.101. The van der Waals surface area contributed by atoms with E-state index in [1.807, 2.05) is 55.5 Å². The van der Waals surface area contributed by atoms with Crippen molar-refractivity contribution in [2.45, 2.75) is 33.8 Å². The van der Waals surface area contributed by atoms with Crippen molar-refractivity contribution in [3.63, 3.8) is 0 Å². The minimum Gasteiger partial charge on any atom is -0.488 e. The lowest BCUT2D eigenvalue weighted by Gasteiger charge is -2.22. The van der Waals surface area contributed by atoms with Gasteiger partial charge in [0.1, 0.15) is 18.9 Å². The zero-order valence-electron chi connectivity index (χ0n) is 24.8. The van der Waals surface area contributed by atoms with Gasteiger partial charge in [-0.1, -0.05) is 48.9 Å². The second kappa shape index (κ2) is 15.4. The first-order valence-corrected chi connectivity index (χ1v) is 15.5. The molecule has 0 aromatic heterocycles. The summed E-state index contributed by atoms with van der Waals surface area (Å²) in [5, 5.41) is 2.23. The second-order valence-corrected chi connectivity index (χ2v) is 11.2. The molecule has 1 saturated heterocycles. The van der Waals surface area contributed by atoms with Crippen molar-refractivity contribution in [2.75, 3.05) is 36.5 Å². The molecule has 3 aromatic rings. The standard InChI is InChI=1S/C33H34ClN3O6S/c1-4-16-42-32(40)26-18-24(13-15-27(26)34)35-30(38)20-37-31(39)29(44-33(37)41)17-23-12-14-25(36(5-2)6-3)19-28(23)43-21-22-10-8-7-9-11-22/h7-15,17-19H,4-6,16,20-21H2,1-3H3,(H,35,38)/b29-17+. The van der Waals surface area contributed by atoms with Gasteiger partial charge in [-0.3, -0.25) is 19.3 Å². The van der Waals surface area contributed by atoms with Gasteiger partial charge in [0.2, 0.25) is 5.91 Å². The summed E-state index contributed by atoms with van der Waals surface area (Å²) in [6, 6.07) is 19.8. The molecule has 0 unspecified atom stereocenters. The van der Waals surface area contributed by atoms with E-state index in [1.54, 1.807) is 6.08 Å². The number of nitrogens with zero attached hydrogens (tertiary/aromatic N) is 2. The smallest absolute Gasteiger partial charge is 0.339 e. The second-order valence-electron chi connectivity index (χ2n) is 9.82. The van der Waals surface area contributed by atoms with Crippen molar-refractivity contribution in [1.29, 1.82) is 0 Å². The molecule has 1 N–H and O–H groups in total. The van der Waals surface area contributed by atoms with Crippen LogP contribution in [0.4, 0.5) is 16.2 Å². The third kappa shape index (κ3) is 8.21. The van der Waals surface area contributed by atoms with E-state index in [2.05, 4.69) is 24.1 Å². The number of ether oxygens (including phenoxy) is 2. The van der Waals surface area contributed by atoms with Crippen molar-refractivity contribution in [1.82, 2.24) is 4.90 Å². The van der Waals surface area contributed by atoms with Crippen molar-refractivity contribution in [2.24, 2.45) is 0 Å². The largest absolute Gasteiger partial charge is 0.488 e. The fraction of sp³-hybridized carbons (Fsp3) is 0.273. The van der Waals surface area contributed by atoms with Crippen molar-refractivity contribution >= 4 is 63.8 Å². The number of hydrogen-bond donors (Lipinski definition) is 1. The molecule has 1 heterocycles. The number of esters is 1. The van der Waals surface area contributed by atoms with E-state index in [0.717, 1.165) is 41.0 Å². The summed E-state index contributed by atoms with van der Waals surface area (Å²) in [5.41, 5.74) is 2.98. The van der Waals surface area contributed by atoms with E-state index in [0.29, 0.717) is 24.3 Å². The maximum atomic E-state index is 13.3. The van der Waals surface area contributed by atoms with Gasteiger partial charge < -0.3 is 19.7 Å². The van der Waals surface area contributed by atoms with Gasteiger partial charge in [0.15, 0.2) is 0 Å². The number of imide groups is 1. The Morgan fingerprint density at radius 1 is 1.00 bits per heavy atom. The van der Waals surface area contributed by atoms with Gasteiger partial charge in [-0.05, 0) is 74.0 Å². The third-order valence-electron chi connectivity index (χ3n) is 6.73. The van der Waals surface area contributed by atoms with Crippen LogP contribution in [0.5, 0.6) is 5.75 Å². The number of hydrogen-bond acceptors (Lipinski definition) is 8. The lowest BCUT2D eigenvalue weighted by atomic mass is 10.1. The number of rotatable bonds is 13. The van der Waals surface area contributed by atoms with Crippen molar-refractivity contribution < 1.29 is 28.7 Å². The van der Waals surface area contributed by atoms with Gasteiger partial charge >= 0.3 is 5.97 Å². The Bertz CT molecular complexity index is 1560. The van der Waals surface area contributed by atoms with Crippen LogP contribution in [0.25, 0.3) is 6.08 Å². The Morgan fingerprint density at radius 3 is 2.45 bits per heavy atom. The zero-order valence-corrected chi connectivity index (χ0v) is 26.4. The average molecular weight is 636 g/mol. The van der Waals surface area contributed by atoms with E-state index in [4.69, 9.17) is 21.1 Å². The predicted molar refractivity (Wildman–Crippen MR) is 174 cm³/mol. The van der Waals surface area contributed by atoms with Crippen LogP contribution in [0.2, 0.25) is 5.02 Å². The number of nitrogens with one attached hydrogen (secondary N) is 1. The average Bonchev–Trinajstić information content (AvgIpc) is 3.28. The molecule has 44 heavy (non-hydrogen) atoms. The number of halogens is 1. The zero-order chi connectivity index (χ0) is 31.6. The number of carbonyl (C=O) groups excluding carboxylic acids is 4. The highest BCUT2D eigenvalue weighted by Crippen LogP contribution is 2.35. The van der Waals surface area contributed by atoms with Crippen LogP contribution in [0.1, 0.15) is 48.7 Å². The third-order valence-corrected chi connectivity index (χ3v) is 7.97. The summed E-state index contributed by atoms with van der Waals surface area (Å²) >= 11 is 6.89. The van der Waals surface area contributed by atoms with Gasteiger partial charge in [0.25, 0.3) is 11.1 Å². The quantitative estimate of drug-likeness (QED) is 0.158. The van der Waals surface area contributed by atoms with Gasteiger partial charge in [0, 0.05) is 36.1 Å². The SMILES string of the molecule is CCCOC(=O)c1cc(NC(=O)CN2C(=O)S/C(=C/c3ccc(N(CC)CC)cc3OCc3ccccc3)C2=O)ccc1Cl. The molecule has 0 saturated carbocycles. The van der Waals surface area contributed by atoms with Crippen LogP contribution in [-0.2, 0) is 20.9 Å². The first kappa shape index (κ1) is 32.6. The van der Waals surface area contributed by atoms with E-state index in [-0.39, 0.29) is 27.8 Å². The molecule has 0 radical (unpaired) electrons. The molecular formula is C33H34ClN3O6S. The Morgan fingerprint density at radius 2 is 1.75 bits per heavy atom. The summed E-state index contributed by atoms with van der Waals surface area (Å²) < 4.78 is 11.3. The molecule has 0 bridgehead atoms. The number of carbonyl (C=O) groups is 4. The number of thioether (sulfide) groups is 1. The predicted octanol–water partition coefficient (Wildman–Crippen LogP) is 7.01. The molecule has 3 amide bonds. The molecule has 0 atom stereocenters. The van der Waals surface area contributed by atoms with Crippen molar-refractivity contribution in [3.05, 3.63) is 93.3 Å². The lowest BCUT2D eigenvalue weighted by molar-refractivity contribution is -0.127. The Balaban J connectivity index is 1.50. The Kier molecular flexibility index (Phi) is 11.5. The molecule has 0 aliphatic carbocycles. The fourth-order valence-corrected chi connectivity index (χ4v) is 5.47. The summed E-state index contributed by atoms with van der Waals surface area (Å²) in [5.74, 6) is -1.24. The topological polar surface area (TPSA) is 105 Å². The van der Waals surface area contributed by atoms with Crippen molar-refractivity contribution in [3.8, 4) is 5.75 Å². The van der Waals surface area contributed by atoms with Crippen LogP contribution in [0.3, 0.4) is 0 Å². The van der Waals surface area contributed by atoms with Crippen LogP contribution in [-0.4, -0.2) is 54.2 Å². The Labute approximate surface area is 266 Å². The highest BCUT2D eigenvalue weighted by Gasteiger charge is 2.36. The normalized spacial score (nSPS) is 13.7. The van der Waals surface area contributed by atoms with Crippen LogP contribution >= 0.6 is 23.4 Å². The van der Waals surface area contributed by atoms with Gasteiger partial charge in [-0.2, -0.15) is 0 Å². The van der Waals surface area contributed by atoms with E-state index in [9.17, 15) is 19.2 Å². The molecule has 0 spiro atoms. The summed E-state index contributed by atoms with van der Waals surface area (Å²) in [4.78, 5) is 54.4. The number of anilines is 2. The van der Waals surface area contributed by atoms with Crippen LogP contribution < -0.4 is 15.0 Å². The first-order valence-electron chi connectivity index (χ1n) is 14.3. The van der Waals surface area contributed by atoms with Gasteiger partial charge in [-0.15, -0.1) is 0 Å². The molecule has 3 aromatic carbocycles. The minimum atomic E-state index is -0.612. The molecule has 4 rings (SSSR count). The highest BCUT2D eigenvalue weighted by atomic mass is 35.5. The van der Waals surface area contributed by atoms with Gasteiger partial charge in [0.05, 0.1) is 22.1 Å². The lowest BCUT2D eigenvalue weighted by Crippen LogP contribution is -2.36. The number of amides is 3. The fourth-order valence-electron chi connectivity index (χ4n) is 4.44. The summed E-state index contributed by atoms with van der Waals surface area (Å²) in [6.07, 6.45) is 2.26. The molecule has 230 valence electrons. The van der Waals surface area contributed by atoms with E-state index in [1.165, 1.54) is 18.2 Å². The number of benzene rings is 3. The molecule has 9 nitrogen and oxygen atoms in total. The molecule has 1 fully saturated rings. The molecular weight excluding hydrogens is 602 g/mol. The molecule has 1 aliphatic rings. The maximum absolute atomic E-state index is 13.3. The highest BCUT2D eigenvalue weighted by molar-refractivity contribution is 8.18. The molecule has 11 heteroatoms. The Hall–Kier alpha value is -4.28. The summed E-state index contributed by atoms with van der Waals surface area (Å²) in [7, 11) is 0. The van der Waals surface area contributed by atoms with Crippen LogP contribution in [0, 0.1) is 0 Å². The first-order chi connectivity index (χ1) is 21.2. The van der Waals surface area contributed by atoms with Crippen LogP contribution in [0.15, 0.2) is 71.6 Å². The molecule has 1 aliphatic heterocycles. The van der Waals surface area contributed by atoms with E-state index < -0.39 is 29.6 Å².